The molecule has 3 nitrogen and oxygen atoms in total. The Morgan fingerprint density at radius 2 is 2.47 bits per heavy atom. The molecular formula is C12H16N2O. The van der Waals surface area contributed by atoms with E-state index in [-0.39, 0.29) is 11.4 Å². The van der Waals surface area contributed by atoms with Crippen LogP contribution in [0.5, 0.6) is 0 Å². The zero-order chi connectivity index (χ0) is 11.5. The van der Waals surface area contributed by atoms with Gasteiger partial charge in [0.15, 0.2) is 0 Å². The molecule has 1 rings (SSSR count). The molecule has 3 heteroatoms. The van der Waals surface area contributed by atoms with Gasteiger partial charge in [-0.05, 0) is 19.8 Å². The second-order valence-corrected chi connectivity index (χ2v) is 4.05. The molecule has 1 heterocycles. The Balaban J connectivity index is 2.56. The lowest BCUT2D eigenvalue weighted by atomic mass is 9.85. The van der Waals surface area contributed by atoms with Crippen LogP contribution in [0.25, 0.3) is 0 Å². The summed E-state index contributed by atoms with van der Waals surface area (Å²) in [6.45, 7) is 9.59. The summed E-state index contributed by atoms with van der Waals surface area (Å²) in [4.78, 5) is 13.1. The van der Waals surface area contributed by atoms with E-state index in [1.807, 2.05) is 6.92 Å². The molecule has 1 saturated heterocycles. The molecule has 0 aromatic carbocycles. The van der Waals surface area contributed by atoms with Crippen LogP contribution in [-0.2, 0) is 4.79 Å². The van der Waals surface area contributed by atoms with Crippen molar-refractivity contribution in [3.8, 4) is 6.07 Å². The van der Waals surface area contributed by atoms with Gasteiger partial charge in [-0.2, -0.15) is 5.26 Å². The highest BCUT2D eigenvalue weighted by molar-refractivity contribution is 5.87. The molecule has 1 atom stereocenters. The maximum Gasteiger partial charge on any atom is 0.230 e. The van der Waals surface area contributed by atoms with Crippen LogP contribution in [0.4, 0.5) is 0 Å². The second-order valence-electron chi connectivity index (χ2n) is 4.05. The number of amides is 1. The number of unbranched alkanes of at least 4 members (excludes halogenated alkanes) is 1. The number of hydrogen-bond donors (Lipinski definition) is 0. The highest BCUT2D eigenvalue weighted by Gasteiger charge is 2.45. The van der Waals surface area contributed by atoms with Gasteiger partial charge in [0.1, 0.15) is 0 Å². The summed E-state index contributed by atoms with van der Waals surface area (Å²) >= 11 is 0. The summed E-state index contributed by atoms with van der Waals surface area (Å²) < 4.78 is 0. The fourth-order valence-electron chi connectivity index (χ4n) is 1.84. The Kier molecular flexibility index (Phi) is 3.31. The van der Waals surface area contributed by atoms with Crippen molar-refractivity contribution in [2.24, 2.45) is 0 Å². The number of allylic oxidation sites excluding steroid dienone is 1. The molecule has 80 valence electrons. The van der Waals surface area contributed by atoms with Gasteiger partial charge in [-0.1, -0.05) is 12.7 Å². The molecule has 0 radical (unpaired) electrons. The molecular weight excluding hydrogens is 188 g/mol. The van der Waals surface area contributed by atoms with Crippen LogP contribution in [-0.4, -0.2) is 16.3 Å². The van der Waals surface area contributed by atoms with Crippen molar-refractivity contribution in [1.82, 2.24) is 4.90 Å². The number of carbonyl (C=O) groups excluding carboxylic acids is 1. The van der Waals surface area contributed by atoms with Crippen molar-refractivity contribution < 1.29 is 4.79 Å². The smallest absolute Gasteiger partial charge is 0.230 e. The SMILES string of the molecule is C=CC1(C)CC(=O)N1C(=C)CCCC#N. The Bertz CT molecular complexity index is 340. The van der Waals surface area contributed by atoms with Crippen LogP contribution in [0.3, 0.4) is 0 Å². The largest absolute Gasteiger partial charge is 0.307 e. The van der Waals surface area contributed by atoms with Crippen molar-refractivity contribution in [3.63, 3.8) is 0 Å². The minimum absolute atomic E-state index is 0.0966. The third-order valence-electron chi connectivity index (χ3n) is 2.78. The minimum atomic E-state index is -0.263. The Morgan fingerprint density at radius 1 is 1.80 bits per heavy atom. The maximum atomic E-state index is 11.4. The summed E-state index contributed by atoms with van der Waals surface area (Å²) in [5, 5.41) is 8.41. The summed E-state index contributed by atoms with van der Waals surface area (Å²) in [5.74, 6) is 0.0966. The molecule has 0 bridgehead atoms. The third kappa shape index (κ3) is 2.10. The van der Waals surface area contributed by atoms with Crippen molar-refractivity contribution >= 4 is 5.91 Å². The van der Waals surface area contributed by atoms with Gasteiger partial charge in [0.25, 0.3) is 0 Å². The first-order chi connectivity index (χ1) is 7.05. The molecule has 0 saturated carbocycles. The monoisotopic (exact) mass is 204 g/mol. The second kappa shape index (κ2) is 4.31. The van der Waals surface area contributed by atoms with Crippen LogP contribution < -0.4 is 0 Å². The molecule has 1 aliphatic rings. The molecule has 15 heavy (non-hydrogen) atoms. The van der Waals surface area contributed by atoms with Gasteiger partial charge in [0, 0.05) is 12.1 Å². The van der Waals surface area contributed by atoms with Crippen LogP contribution >= 0.6 is 0 Å². The van der Waals surface area contributed by atoms with E-state index < -0.39 is 0 Å². The molecule has 0 aromatic heterocycles. The van der Waals surface area contributed by atoms with Crippen LogP contribution in [0, 0.1) is 11.3 Å². The first-order valence-corrected chi connectivity index (χ1v) is 5.06. The standard InChI is InChI=1S/C12H16N2O/c1-4-12(3)9-11(15)14(12)10(2)7-5-6-8-13/h4H,1-2,5-7,9H2,3H3. The molecule has 1 amide bonds. The number of nitrogens with zero attached hydrogens (tertiary/aromatic N) is 2. The average molecular weight is 204 g/mol. The number of nitriles is 1. The van der Waals surface area contributed by atoms with Crippen molar-refractivity contribution in [2.75, 3.05) is 0 Å². The normalized spacial score (nSPS) is 24.3. The number of hydrogen-bond acceptors (Lipinski definition) is 2. The zero-order valence-electron chi connectivity index (χ0n) is 9.12. The van der Waals surface area contributed by atoms with Gasteiger partial charge in [-0.15, -0.1) is 6.58 Å². The summed E-state index contributed by atoms with van der Waals surface area (Å²) in [6.07, 6.45) is 4.25. The molecule has 0 aliphatic carbocycles. The molecule has 1 aliphatic heterocycles. The lowest BCUT2D eigenvalue weighted by molar-refractivity contribution is -0.146. The van der Waals surface area contributed by atoms with Crippen molar-refractivity contribution in [3.05, 3.63) is 24.9 Å². The molecule has 1 unspecified atom stereocenters. The molecule has 0 N–H and O–H groups in total. The van der Waals surface area contributed by atoms with E-state index in [4.69, 9.17) is 5.26 Å². The predicted octanol–water partition coefficient (Wildman–Crippen LogP) is 2.37. The molecule has 1 fully saturated rings. The highest BCUT2D eigenvalue weighted by Crippen LogP contribution is 2.36. The van der Waals surface area contributed by atoms with Gasteiger partial charge >= 0.3 is 0 Å². The summed E-state index contributed by atoms with van der Waals surface area (Å²) in [6, 6.07) is 2.08. The molecule has 0 spiro atoms. The lowest BCUT2D eigenvalue weighted by Crippen LogP contribution is -2.59. The fraction of sp³-hybridized carbons (Fsp3) is 0.500. The predicted molar refractivity (Wildman–Crippen MR) is 58.7 cm³/mol. The van der Waals surface area contributed by atoms with E-state index in [2.05, 4.69) is 19.2 Å². The molecule has 0 aromatic rings. The Labute approximate surface area is 90.7 Å². The van der Waals surface area contributed by atoms with E-state index in [9.17, 15) is 4.79 Å². The first kappa shape index (κ1) is 11.5. The van der Waals surface area contributed by atoms with Crippen LogP contribution in [0.1, 0.15) is 32.6 Å². The number of likely N-dealkylation sites (tertiary alicyclic amines) is 1. The van der Waals surface area contributed by atoms with E-state index >= 15 is 0 Å². The topological polar surface area (TPSA) is 44.1 Å². The Morgan fingerprint density at radius 3 is 2.93 bits per heavy atom. The van der Waals surface area contributed by atoms with Crippen LogP contribution in [0.2, 0.25) is 0 Å². The van der Waals surface area contributed by atoms with Gasteiger partial charge in [0.2, 0.25) is 5.91 Å². The van der Waals surface area contributed by atoms with Gasteiger partial charge in [-0.3, -0.25) is 4.79 Å². The highest BCUT2D eigenvalue weighted by atomic mass is 16.2. The zero-order valence-corrected chi connectivity index (χ0v) is 9.12. The summed E-state index contributed by atoms with van der Waals surface area (Å²) in [5.41, 5.74) is 0.532. The van der Waals surface area contributed by atoms with E-state index in [0.717, 1.165) is 12.1 Å². The minimum Gasteiger partial charge on any atom is -0.307 e. The maximum absolute atomic E-state index is 11.4. The average Bonchev–Trinajstić information content (AvgIpc) is 2.17. The fourth-order valence-corrected chi connectivity index (χ4v) is 1.84. The van der Waals surface area contributed by atoms with Crippen molar-refractivity contribution in [2.45, 2.75) is 38.1 Å². The Hall–Kier alpha value is -1.56. The first-order valence-electron chi connectivity index (χ1n) is 5.06. The van der Waals surface area contributed by atoms with Crippen LogP contribution in [0.15, 0.2) is 24.9 Å². The third-order valence-corrected chi connectivity index (χ3v) is 2.78. The van der Waals surface area contributed by atoms with Gasteiger partial charge < -0.3 is 4.90 Å². The van der Waals surface area contributed by atoms with Gasteiger partial charge in [-0.25, -0.2) is 0 Å². The summed E-state index contributed by atoms with van der Waals surface area (Å²) in [7, 11) is 0. The van der Waals surface area contributed by atoms with Crippen molar-refractivity contribution in [1.29, 1.82) is 5.26 Å². The number of carbonyl (C=O) groups is 1. The van der Waals surface area contributed by atoms with E-state index in [1.54, 1.807) is 11.0 Å². The lowest BCUT2D eigenvalue weighted by Gasteiger charge is -2.49. The van der Waals surface area contributed by atoms with E-state index in [1.165, 1.54) is 0 Å². The quantitative estimate of drug-likeness (QED) is 0.392. The van der Waals surface area contributed by atoms with Gasteiger partial charge in [0.05, 0.1) is 18.0 Å². The number of rotatable bonds is 5. The van der Waals surface area contributed by atoms with E-state index in [0.29, 0.717) is 19.3 Å². The number of β-lactam (4-membered cyclic amide) rings is 1.